The lowest BCUT2D eigenvalue weighted by molar-refractivity contribution is 0.112. The molecule has 1 aliphatic heterocycles. The molecule has 6 nitrogen and oxygen atoms in total. The third kappa shape index (κ3) is 2.51. The molecule has 0 amide bonds. The average Bonchev–Trinajstić information content (AvgIpc) is 3.25. The second-order valence-electron chi connectivity index (χ2n) is 6.82. The molecule has 7 heteroatoms. The van der Waals surface area contributed by atoms with Gasteiger partial charge in [0.25, 0.3) is 0 Å². The van der Waals surface area contributed by atoms with Crippen LogP contribution in [0.2, 0.25) is 0 Å². The van der Waals surface area contributed by atoms with Crippen LogP contribution in [0.4, 0.5) is 4.39 Å². The quantitative estimate of drug-likeness (QED) is 0.497. The van der Waals surface area contributed by atoms with Gasteiger partial charge in [-0.3, -0.25) is 4.79 Å². The van der Waals surface area contributed by atoms with Gasteiger partial charge in [0.2, 0.25) is 0 Å². The zero-order valence-corrected chi connectivity index (χ0v) is 15.3. The molecule has 0 unspecified atom stereocenters. The first-order valence-electron chi connectivity index (χ1n) is 9.10. The van der Waals surface area contributed by atoms with Crippen LogP contribution in [0.5, 0.6) is 5.75 Å². The normalized spacial score (nSPS) is 13.2. The summed E-state index contributed by atoms with van der Waals surface area (Å²) in [6.45, 7) is 2.22. The average molecular weight is 379 g/mol. The molecule has 0 bridgehead atoms. The zero-order chi connectivity index (χ0) is 19.3. The summed E-state index contributed by atoms with van der Waals surface area (Å²) in [4.78, 5) is 16.1. The molecule has 2 aromatic heterocycles. The number of hydrogen-bond donors (Lipinski definition) is 0. The van der Waals surface area contributed by atoms with Gasteiger partial charge in [-0.05, 0) is 36.4 Å². The van der Waals surface area contributed by atoms with Crippen LogP contribution in [-0.4, -0.2) is 40.7 Å². The predicted molar refractivity (Wildman–Crippen MR) is 103 cm³/mol. The van der Waals surface area contributed by atoms with E-state index >= 15 is 0 Å². The van der Waals surface area contributed by atoms with Crippen LogP contribution in [0.25, 0.3) is 33.5 Å². The number of carbonyl (C=O) groups is 1. The number of aldehydes is 1. The molecule has 0 aliphatic carbocycles. The van der Waals surface area contributed by atoms with E-state index in [-0.39, 0.29) is 5.82 Å². The Morgan fingerprint density at radius 1 is 1.29 bits per heavy atom. The van der Waals surface area contributed by atoms with Crippen LogP contribution in [0.3, 0.4) is 0 Å². The van der Waals surface area contributed by atoms with Crippen molar-refractivity contribution in [2.45, 2.75) is 13.1 Å². The standard InChI is InChI=1S/C21H18FN3O3/c1-27-6-4-24-17-11-15(22)3-2-14(17)10-18(24)21-23-16-8-13(12-26)9-19-20(16)25(21)5-7-28-19/h2-3,8-12H,4-7H2,1H3. The maximum Gasteiger partial charge on any atom is 0.158 e. The van der Waals surface area contributed by atoms with E-state index in [0.29, 0.717) is 43.1 Å². The number of fused-ring (bicyclic) bond motifs is 1. The lowest BCUT2D eigenvalue weighted by Crippen LogP contribution is -2.16. The summed E-state index contributed by atoms with van der Waals surface area (Å²) >= 11 is 0. The summed E-state index contributed by atoms with van der Waals surface area (Å²) in [5.41, 5.74) is 3.80. The number of hydrogen-bond acceptors (Lipinski definition) is 4. The molecular formula is C21H18FN3O3. The lowest BCUT2D eigenvalue weighted by atomic mass is 10.2. The Morgan fingerprint density at radius 3 is 3.00 bits per heavy atom. The molecule has 3 heterocycles. The summed E-state index contributed by atoms with van der Waals surface area (Å²) in [5, 5.41) is 0.938. The van der Waals surface area contributed by atoms with Gasteiger partial charge < -0.3 is 18.6 Å². The molecule has 5 rings (SSSR count). The Morgan fingerprint density at radius 2 is 2.18 bits per heavy atom. The summed E-state index contributed by atoms with van der Waals surface area (Å²) in [6, 6.07) is 10.3. The molecule has 0 fully saturated rings. The largest absolute Gasteiger partial charge is 0.489 e. The number of carbonyl (C=O) groups excluding carboxylic acids is 1. The van der Waals surface area contributed by atoms with Crippen LogP contribution in [-0.2, 0) is 17.8 Å². The zero-order valence-electron chi connectivity index (χ0n) is 15.3. The molecular weight excluding hydrogens is 361 g/mol. The Hall–Kier alpha value is -3.19. The second-order valence-corrected chi connectivity index (χ2v) is 6.82. The van der Waals surface area contributed by atoms with Gasteiger partial charge in [-0.15, -0.1) is 0 Å². The summed E-state index contributed by atoms with van der Waals surface area (Å²) < 4.78 is 29.1. The number of nitrogens with zero attached hydrogens (tertiary/aromatic N) is 3. The maximum atomic E-state index is 13.9. The van der Waals surface area contributed by atoms with E-state index in [0.717, 1.165) is 34.2 Å². The van der Waals surface area contributed by atoms with Crippen molar-refractivity contribution in [2.75, 3.05) is 20.3 Å². The Labute approximate surface area is 160 Å². The van der Waals surface area contributed by atoms with Crippen LogP contribution < -0.4 is 4.74 Å². The van der Waals surface area contributed by atoms with E-state index in [1.807, 2.05) is 10.6 Å². The number of aromatic nitrogens is 3. The van der Waals surface area contributed by atoms with E-state index < -0.39 is 0 Å². The van der Waals surface area contributed by atoms with Crippen molar-refractivity contribution in [3.8, 4) is 17.3 Å². The highest BCUT2D eigenvalue weighted by Crippen LogP contribution is 2.36. The first-order chi connectivity index (χ1) is 13.7. The number of benzene rings is 2. The second kappa shape index (κ2) is 6.45. The van der Waals surface area contributed by atoms with Gasteiger partial charge in [0.05, 0.1) is 29.9 Å². The molecule has 28 heavy (non-hydrogen) atoms. The molecule has 0 spiro atoms. The first kappa shape index (κ1) is 16.9. The van der Waals surface area contributed by atoms with Crippen molar-refractivity contribution in [1.29, 1.82) is 0 Å². The minimum atomic E-state index is -0.281. The predicted octanol–water partition coefficient (Wildman–Crippen LogP) is 3.65. The molecule has 0 atom stereocenters. The summed E-state index contributed by atoms with van der Waals surface area (Å²) in [6.07, 6.45) is 0.797. The Kier molecular flexibility index (Phi) is 3.91. The minimum Gasteiger partial charge on any atom is -0.489 e. The number of halogens is 1. The van der Waals surface area contributed by atoms with Gasteiger partial charge >= 0.3 is 0 Å². The molecule has 4 aromatic rings. The smallest absolute Gasteiger partial charge is 0.158 e. The minimum absolute atomic E-state index is 0.281. The van der Waals surface area contributed by atoms with E-state index in [2.05, 4.69) is 4.57 Å². The molecule has 0 saturated heterocycles. The van der Waals surface area contributed by atoms with Crippen LogP contribution in [0, 0.1) is 5.82 Å². The van der Waals surface area contributed by atoms with Gasteiger partial charge in [-0.25, -0.2) is 9.37 Å². The highest BCUT2D eigenvalue weighted by Gasteiger charge is 2.23. The van der Waals surface area contributed by atoms with Crippen molar-refractivity contribution >= 4 is 28.2 Å². The van der Waals surface area contributed by atoms with Gasteiger partial charge in [-0.1, -0.05) is 0 Å². The van der Waals surface area contributed by atoms with E-state index in [1.54, 1.807) is 25.3 Å². The molecule has 142 valence electrons. The highest BCUT2D eigenvalue weighted by molar-refractivity contribution is 5.93. The lowest BCUT2D eigenvalue weighted by Gasteiger charge is -2.19. The van der Waals surface area contributed by atoms with E-state index in [1.165, 1.54) is 12.1 Å². The van der Waals surface area contributed by atoms with Gasteiger partial charge in [-0.2, -0.15) is 0 Å². The summed E-state index contributed by atoms with van der Waals surface area (Å²) in [5.74, 6) is 1.15. The Balaban J connectivity index is 1.79. The maximum absolute atomic E-state index is 13.9. The van der Waals surface area contributed by atoms with E-state index in [9.17, 15) is 9.18 Å². The van der Waals surface area contributed by atoms with Gasteiger partial charge in [0, 0.05) is 24.6 Å². The third-order valence-corrected chi connectivity index (χ3v) is 5.15. The SMILES string of the molecule is COCCn1c(-c2nc3cc(C=O)cc4c3n2CCO4)cc2ccc(F)cc21. The van der Waals surface area contributed by atoms with Crippen LogP contribution in [0.15, 0.2) is 36.4 Å². The highest BCUT2D eigenvalue weighted by atomic mass is 19.1. The number of ether oxygens (including phenoxy) is 2. The van der Waals surface area contributed by atoms with Crippen LogP contribution in [0.1, 0.15) is 10.4 Å². The van der Waals surface area contributed by atoms with E-state index in [4.69, 9.17) is 14.5 Å². The molecule has 0 radical (unpaired) electrons. The number of rotatable bonds is 5. The van der Waals surface area contributed by atoms with Crippen molar-refractivity contribution < 1.29 is 18.7 Å². The van der Waals surface area contributed by atoms with Crippen molar-refractivity contribution in [3.63, 3.8) is 0 Å². The molecule has 0 N–H and O–H groups in total. The molecule has 2 aromatic carbocycles. The fourth-order valence-electron chi connectivity index (χ4n) is 3.93. The number of imidazole rings is 1. The summed E-state index contributed by atoms with van der Waals surface area (Å²) in [7, 11) is 1.64. The topological polar surface area (TPSA) is 58.3 Å². The van der Waals surface area contributed by atoms with Gasteiger partial charge in [0.15, 0.2) is 5.82 Å². The van der Waals surface area contributed by atoms with Crippen molar-refractivity contribution in [2.24, 2.45) is 0 Å². The van der Waals surface area contributed by atoms with Crippen molar-refractivity contribution in [3.05, 3.63) is 47.8 Å². The van der Waals surface area contributed by atoms with Crippen LogP contribution >= 0.6 is 0 Å². The molecule has 1 aliphatic rings. The molecule has 0 saturated carbocycles. The van der Waals surface area contributed by atoms with Crippen molar-refractivity contribution in [1.82, 2.24) is 14.1 Å². The third-order valence-electron chi connectivity index (χ3n) is 5.15. The monoisotopic (exact) mass is 379 g/mol. The van der Waals surface area contributed by atoms with Gasteiger partial charge in [0.1, 0.15) is 30.0 Å². The fourth-order valence-corrected chi connectivity index (χ4v) is 3.93. The number of methoxy groups -OCH3 is 1. The first-order valence-corrected chi connectivity index (χ1v) is 9.10. The fraction of sp³-hybridized carbons (Fsp3) is 0.238. The Bertz CT molecular complexity index is 1230.